The van der Waals surface area contributed by atoms with Crippen LogP contribution in [0.2, 0.25) is 0 Å². The van der Waals surface area contributed by atoms with Crippen LogP contribution in [0.4, 0.5) is 11.4 Å². The second kappa shape index (κ2) is 7.14. The van der Waals surface area contributed by atoms with Crippen molar-refractivity contribution in [3.05, 3.63) is 65.7 Å². The maximum atomic E-state index is 9.08. The van der Waals surface area contributed by atoms with Gasteiger partial charge in [-0.25, -0.2) is 0 Å². The van der Waals surface area contributed by atoms with Gasteiger partial charge in [-0.15, -0.1) is 0 Å². The zero-order valence-electron chi connectivity index (χ0n) is 11.4. The SMILES string of the molecule is N#CC(C#N)=C(C#N)c1ccc(/N=N/c2ccccc2)cc1. The largest absolute Gasteiger partial charge is 0.192 e. The van der Waals surface area contributed by atoms with Crippen LogP contribution < -0.4 is 0 Å². The molecule has 0 fully saturated rings. The van der Waals surface area contributed by atoms with E-state index in [2.05, 4.69) is 10.2 Å². The first kappa shape index (κ1) is 14.7. The molecular weight excluding hydrogens is 274 g/mol. The Bertz CT molecular complexity index is 825. The minimum atomic E-state index is -0.207. The van der Waals surface area contributed by atoms with Crippen LogP contribution in [-0.2, 0) is 0 Å². The van der Waals surface area contributed by atoms with Crippen molar-refractivity contribution in [2.45, 2.75) is 0 Å². The van der Waals surface area contributed by atoms with Crippen molar-refractivity contribution in [2.24, 2.45) is 10.2 Å². The third-order valence-electron chi connectivity index (χ3n) is 2.78. The highest BCUT2D eigenvalue weighted by molar-refractivity contribution is 5.84. The number of rotatable bonds is 3. The molecule has 0 bridgehead atoms. The fraction of sp³-hybridized carbons (Fsp3) is 0. The first-order valence-corrected chi connectivity index (χ1v) is 6.30. The van der Waals surface area contributed by atoms with E-state index in [4.69, 9.17) is 15.8 Å². The molecule has 0 atom stereocenters. The first-order valence-electron chi connectivity index (χ1n) is 6.30. The van der Waals surface area contributed by atoms with Gasteiger partial charge in [0.2, 0.25) is 0 Å². The van der Waals surface area contributed by atoms with E-state index in [0.717, 1.165) is 5.69 Å². The van der Waals surface area contributed by atoms with Crippen molar-refractivity contribution in [3.63, 3.8) is 0 Å². The summed E-state index contributed by atoms with van der Waals surface area (Å²) in [5, 5.41) is 34.9. The van der Waals surface area contributed by atoms with Crippen molar-refractivity contribution < 1.29 is 0 Å². The van der Waals surface area contributed by atoms with Crippen LogP contribution in [-0.4, -0.2) is 0 Å². The summed E-state index contributed by atoms with van der Waals surface area (Å²) >= 11 is 0. The van der Waals surface area contributed by atoms with E-state index in [1.54, 1.807) is 36.4 Å². The van der Waals surface area contributed by atoms with E-state index in [9.17, 15) is 0 Å². The fourth-order valence-corrected chi connectivity index (χ4v) is 1.71. The summed E-state index contributed by atoms with van der Waals surface area (Å²) in [6, 6.07) is 21.2. The van der Waals surface area contributed by atoms with Crippen LogP contribution >= 0.6 is 0 Å². The van der Waals surface area contributed by atoms with E-state index < -0.39 is 0 Å². The minimum absolute atomic E-state index is 0.0524. The molecule has 0 amide bonds. The van der Waals surface area contributed by atoms with E-state index in [-0.39, 0.29) is 11.1 Å². The second-order valence-corrected chi connectivity index (χ2v) is 4.17. The summed E-state index contributed by atoms with van der Waals surface area (Å²) in [5.41, 5.74) is 1.69. The Morgan fingerprint density at radius 3 is 1.73 bits per heavy atom. The Hall–Kier alpha value is -3.75. The van der Waals surface area contributed by atoms with Gasteiger partial charge in [0, 0.05) is 0 Å². The fourth-order valence-electron chi connectivity index (χ4n) is 1.71. The molecule has 2 aromatic rings. The van der Waals surface area contributed by atoms with Crippen molar-refractivity contribution in [3.8, 4) is 18.2 Å². The molecule has 2 aromatic carbocycles. The molecule has 0 N–H and O–H groups in total. The van der Waals surface area contributed by atoms with E-state index in [1.165, 1.54) is 0 Å². The van der Waals surface area contributed by atoms with Crippen molar-refractivity contribution in [2.75, 3.05) is 0 Å². The van der Waals surface area contributed by atoms with Gasteiger partial charge in [-0.05, 0) is 29.8 Å². The normalized spacial score (nSPS) is 9.50. The Morgan fingerprint density at radius 1 is 0.682 bits per heavy atom. The molecule has 5 heteroatoms. The van der Waals surface area contributed by atoms with E-state index >= 15 is 0 Å². The average Bonchev–Trinajstić information content (AvgIpc) is 2.59. The van der Waals surface area contributed by atoms with Crippen molar-refractivity contribution >= 4 is 16.9 Å². The topological polar surface area (TPSA) is 96.1 Å². The Balaban J connectivity index is 2.27. The number of nitriles is 3. The van der Waals surface area contributed by atoms with Crippen LogP contribution in [0, 0.1) is 34.0 Å². The summed E-state index contributed by atoms with van der Waals surface area (Å²) < 4.78 is 0. The summed E-state index contributed by atoms with van der Waals surface area (Å²) in [6.45, 7) is 0. The molecule has 0 saturated heterocycles. The lowest BCUT2D eigenvalue weighted by Crippen LogP contribution is -1.86. The van der Waals surface area contributed by atoms with Gasteiger partial charge >= 0.3 is 0 Å². The summed E-state index contributed by atoms with van der Waals surface area (Å²) in [7, 11) is 0. The molecule has 5 nitrogen and oxygen atoms in total. The lowest BCUT2D eigenvalue weighted by atomic mass is 10.0. The van der Waals surface area contributed by atoms with Gasteiger partial charge in [-0.1, -0.05) is 30.3 Å². The van der Waals surface area contributed by atoms with Gasteiger partial charge in [0.25, 0.3) is 0 Å². The lowest BCUT2D eigenvalue weighted by molar-refractivity contribution is 1.23. The van der Waals surface area contributed by atoms with E-state index in [1.807, 2.05) is 36.4 Å². The summed E-state index contributed by atoms with van der Waals surface area (Å²) in [4.78, 5) is 0. The smallest absolute Gasteiger partial charge is 0.148 e. The molecule has 0 heterocycles. The molecule has 22 heavy (non-hydrogen) atoms. The maximum Gasteiger partial charge on any atom is 0.148 e. The highest BCUT2D eigenvalue weighted by atomic mass is 15.1. The van der Waals surface area contributed by atoms with Gasteiger partial charge in [0.15, 0.2) is 0 Å². The third-order valence-corrected chi connectivity index (χ3v) is 2.78. The molecule has 0 aliphatic carbocycles. The van der Waals surface area contributed by atoms with Gasteiger partial charge in [0.05, 0.1) is 16.9 Å². The molecule has 0 aliphatic heterocycles. The van der Waals surface area contributed by atoms with Crippen LogP contribution in [0.1, 0.15) is 5.56 Å². The minimum Gasteiger partial charge on any atom is -0.192 e. The lowest BCUT2D eigenvalue weighted by Gasteiger charge is -1.99. The van der Waals surface area contributed by atoms with Crippen LogP contribution in [0.3, 0.4) is 0 Å². The molecule has 0 aliphatic rings. The number of hydrogen-bond acceptors (Lipinski definition) is 5. The molecule has 0 aromatic heterocycles. The van der Waals surface area contributed by atoms with Gasteiger partial charge in [-0.2, -0.15) is 26.0 Å². The molecule has 102 valence electrons. The maximum absolute atomic E-state index is 9.08. The third kappa shape index (κ3) is 3.42. The first-order chi connectivity index (χ1) is 10.8. The number of hydrogen-bond donors (Lipinski definition) is 0. The number of allylic oxidation sites excluding steroid dienone is 2. The molecular formula is C17H9N5. The molecule has 0 unspecified atom stereocenters. The highest BCUT2D eigenvalue weighted by Gasteiger charge is 2.08. The predicted octanol–water partition coefficient (Wildman–Crippen LogP) is 4.43. The monoisotopic (exact) mass is 283 g/mol. The molecule has 2 rings (SSSR count). The van der Waals surface area contributed by atoms with Gasteiger partial charge in [-0.3, -0.25) is 0 Å². The zero-order valence-corrected chi connectivity index (χ0v) is 11.4. The van der Waals surface area contributed by atoms with Crippen molar-refractivity contribution in [1.82, 2.24) is 0 Å². The number of benzene rings is 2. The summed E-state index contributed by atoms with van der Waals surface area (Å²) in [5.74, 6) is 0. The average molecular weight is 283 g/mol. The van der Waals surface area contributed by atoms with Crippen LogP contribution in [0.5, 0.6) is 0 Å². The Kier molecular flexibility index (Phi) is 4.76. The van der Waals surface area contributed by atoms with E-state index in [0.29, 0.717) is 11.3 Å². The number of nitrogens with zero attached hydrogens (tertiary/aromatic N) is 5. The van der Waals surface area contributed by atoms with Crippen LogP contribution in [0.15, 0.2) is 70.4 Å². The Morgan fingerprint density at radius 2 is 1.23 bits per heavy atom. The molecule has 0 saturated carbocycles. The predicted molar refractivity (Wildman–Crippen MR) is 80.8 cm³/mol. The zero-order chi connectivity index (χ0) is 15.8. The summed E-state index contributed by atoms with van der Waals surface area (Å²) in [6.07, 6.45) is 0. The molecule has 0 radical (unpaired) electrons. The second-order valence-electron chi connectivity index (χ2n) is 4.17. The van der Waals surface area contributed by atoms with Gasteiger partial charge < -0.3 is 0 Å². The van der Waals surface area contributed by atoms with Crippen LogP contribution in [0.25, 0.3) is 5.57 Å². The Labute approximate surface area is 127 Å². The number of azo groups is 1. The molecule has 0 spiro atoms. The van der Waals surface area contributed by atoms with Gasteiger partial charge in [0.1, 0.15) is 23.8 Å². The quantitative estimate of drug-likeness (QED) is 0.615. The standard InChI is InChI=1S/C17H9N5/c18-10-14(11-19)17(12-20)13-6-8-16(9-7-13)22-21-15-4-2-1-3-5-15/h1-9H/b22-21+. The highest BCUT2D eigenvalue weighted by Crippen LogP contribution is 2.22. The van der Waals surface area contributed by atoms with Crippen molar-refractivity contribution in [1.29, 1.82) is 15.8 Å².